The average molecular weight is 337 g/mol. The Morgan fingerprint density at radius 3 is 1.68 bits per heavy atom. The number of para-hydroxylation sites is 2. The van der Waals surface area contributed by atoms with Crippen molar-refractivity contribution in [2.75, 3.05) is 0 Å². The fraction of sp³-hybridized carbons (Fsp3) is 0.200. The van der Waals surface area contributed by atoms with Crippen LogP contribution in [0.1, 0.15) is 13.8 Å². The minimum atomic E-state index is -2.07. The van der Waals surface area contributed by atoms with Gasteiger partial charge in [0.05, 0.1) is 0 Å². The van der Waals surface area contributed by atoms with Crippen molar-refractivity contribution in [1.82, 2.24) is 0 Å². The van der Waals surface area contributed by atoms with Crippen molar-refractivity contribution in [1.29, 1.82) is 0 Å². The van der Waals surface area contributed by atoms with Gasteiger partial charge >= 0.3 is 122 Å². The fourth-order valence-corrected chi connectivity index (χ4v) is 4.38. The summed E-state index contributed by atoms with van der Waals surface area (Å²) < 4.78 is 12.4. The van der Waals surface area contributed by atoms with E-state index >= 15 is 0 Å². The summed E-state index contributed by atoms with van der Waals surface area (Å²) in [5, 5.41) is 0. The topological polar surface area (TPSA) is 18.5 Å². The molecule has 2 aromatic carbocycles. The first-order valence-electron chi connectivity index (χ1n) is 6.27. The summed E-state index contributed by atoms with van der Waals surface area (Å²) in [5.74, 6) is 1.79. The molecule has 2 aromatic rings. The molecule has 2 nitrogen and oxygen atoms in total. The van der Waals surface area contributed by atoms with Gasteiger partial charge in [-0.05, 0) is 0 Å². The van der Waals surface area contributed by atoms with E-state index in [4.69, 9.17) is 9.05 Å². The molecule has 19 heavy (non-hydrogen) atoms. The van der Waals surface area contributed by atoms with E-state index in [-0.39, 0.29) is 0 Å². The van der Waals surface area contributed by atoms with E-state index < -0.39 is 6.41 Å². The second-order valence-electron chi connectivity index (χ2n) is 4.81. The number of rotatable bonds is 1. The van der Waals surface area contributed by atoms with Crippen LogP contribution in [0.2, 0.25) is 0 Å². The van der Waals surface area contributed by atoms with Crippen LogP contribution in [0.5, 0.6) is 11.5 Å². The van der Waals surface area contributed by atoms with Crippen LogP contribution >= 0.6 is 6.41 Å². The van der Waals surface area contributed by atoms with Crippen LogP contribution in [0.4, 0.5) is 0 Å². The Kier molecular flexibility index (Phi) is 3.30. The molecule has 0 unspecified atom stereocenters. The molecule has 1 aliphatic rings. The van der Waals surface area contributed by atoms with Gasteiger partial charge in [-0.25, -0.2) is 0 Å². The zero-order chi connectivity index (χ0) is 13.5. The number of hydrogen-bond donors (Lipinski definition) is 0. The first-order valence-corrected chi connectivity index (χ1v) is 10.2. The minimum absolute atomic E-state index is 0.298. The van der Waals surface area contributed by atoms with Gasteiger partial charge in [0.15, 0.2) is 0 Å². The summed E-state index contributed by atoms with van der Waals surface area (Å²) in [5.41, 5.74) is 2.48. The fourth-order valence-electron chi connectivity index (χ4n) is 2.04. The van der Waals surface area contributed by atoms with E-state index in [1.807, 2.05) is 36.4 Å². The molecular formula is C15H15O2PSe. The van der Waals surface area contributed by atoms with E-state index in [0.29, 0.717) is 5.66 Å². The molecule has 0 spiro atoms. The normalized spacial score (nSPS) is 15.8. The number of benzene rings is 2. The summed E-state index contributed by atoms with van der Waals surface area (Å²) in [6.07, 6.45) is -2.07. The van der Waals surface area contributed by atoms with E-state index in [9.17, 15) is 0 Å². The standard InChI is InChI=1S/C15H15O2PSe/c1-11(2)18(19)16-14-9-5-3-7-12(14)13-8-4-6-10-15(13)17-18/h3-11H,1-2H3. The molecule has 3 rings (SSSR count). The first kappa shape index (κ1) is 13.0. The molecule has 98 valence electrons. The third-order valence-corrected chi connectivity index (χ3v) is 8.91. The quantitative estimate of drug-likeness (QED) is 0.565. The van der Waals surface area contributed by atoms with Crippen LogP contribution in [0, 0.1) is 0 Å². The van der Waals surface area contributed by atoms with Gasteiger partial charge in [-0.15, -0.1) is 0 Å². The van der Waals surface area contributed by atoms with Crippen molar-refractivity contribution < 1.29 is 9.05 Å². The van der Waals surface area contributed by atoms with E-state index in [1.54, 1.807) is 0 Å². The molecule has 0 atom stereocenters. The number of hydrogen-bond acceptors (Lipinski definition) is 2. The predicted octanol–water partition coefficient (Wildman–Crippen LogP) is 4.46. The molecule has 1 heterocycles. The summed E-state index contributed by atoms with van der Waals surface area (Å²) in [4.78, 5) is 0. The van der Waals surface area contributed by atoms with Crippen LogP contribution in [-0.2, 0) is 0 Å². The van der Waals surface area contributed by atoms with Crippen LogP contribution in [0.15, 0.2) is 48.5 Å². The molecule has 0 amide bonds. The van der Waals surface area contributed by atoms with Gasteiger partial charge in [0.1, 0.15) is 0 Å². The van der Waals surface area contributed by atoms with Gasteiger partial charge in [0.25, 0.3) is 0 Å². The third-order valence-electron chi connectivity index (χ3n) is 3.15. The Hall–Kier alpha value is -1.01. The molecule has 1 aliphatic heterocycles. The molecule has 0 N–H and O–H groups in total. The molecule has 4 heteroatoms. The van der Waals surface area contributed by atoms with Crippen molar-refractivity contribution in [3.8, 4) is 22.6 Å². The third kappa shape index (κ3) is 2.27. The second-order valence-corrected chi connectivity index (χ2v) is 10.5. The van der Waals surface area contributed by atoms with Crippen molar-refractivity contribution in [3.05, 3.63) is 48.5 Å². The van der Waals surface area contributed by atoms with Gasteiger partial charge in [-0.1, -0.05) is 0 Å². The molecule has 0 fully saturated rings. The molecule has 0 bridgehead atoms. The zero-order valence-corrected chi connectivity index (χ0v) is 13.5. The van der Waals surface area contributed by atoms with Gasteiger partial charge in [0, 0.05) is 0 Å². The summed E-state index contributed by atoms with van der Waals surface area (Å²) in [6.45, 7) is 4.25. The Morgan fingerprint density at radius 1 is 0.842 bits per heavy atom. The molecule has 0 radical (unpaired) electrons. The van der Waals surface area contributed by atoms with Crippen molar-refractivity contribution in [3.63, 3.8) is 0 Å². The van der Waals surface area contributed by atoms with Crippen LogP contribution in [0.3, 0.4) is 0 Å². The van der Waals surface area contributed by atoms with Crippen LogP contribution in [0.25, 0.3) is 11.1 Å². The van der Waals surface area contributed by atoms with Gasteiger partial charge < -0.3 is 0 Å². The van der Waals surface area contributed by atoms with E-state index in [1.165, 1.54) is 0 Å². The van der Waals surface area contributed by atoms with E-state index in [2.05, 4.69) is 41.6 Å². The van der Waals surface area contributed by atoms with Gasteiger partial charge in [-0.2, -0.15) is 0 Å². The van der Waals surface area contributed by atoms with Gasteiger partial charge in [0.2, 0.25) is 0 Å². The van der Waals surface area contributed by atoms with Crippen molar-refractivity contribution >= 4 is 22.0 Å². The number of fused-ring (bicyclic) bond motifs is 3. The monoisotopic (exact) mass is 338 g/mol. The molecule has 0 saturated heterocycles. The van der Waals surface area contributed by atoms with Crippen molar-refractivity contribution in [2.24, 2.45) is 0 Å². The van der Waals surface area contributed by atoms with Crippen LogP contribution < -0.4 is 9.05 Å². The Balaban J connectivity index is 2.24. The molecular weight excluding hydrogens is 322 g/mol. The Bertz CT molecular complexity index is 565. The maximum absolute atomic E-state index is 6.22. The Morgan fingerprint density at radius 2 is 1.26 bits per heavy atom. The zero-order valence-electron chi connectivity index (χ0n) is 10.9. The average Bonchev–Trinajstić information content (AvgIpc) is 2.53. The summed E-state index contributed by atoms with van der Waals surface area (Å²) in [7, 11) is 0. The first-order chi connectivity index (χ1) is 9.10. The molecule has 0 aromatic heterocycles. The maximum atomic E-state index is 6.22. The molecule has 0 aliphatic carbocycles. The SMILES string of the molecule is CC(C)[P+]1([Se-])Oc2ccccc2-c2ccccc2O1. The van der Waals surface area contributed by atoms with Gasteiger partial charge in [-0.3, -0.25) is 0 Å². The van der Waals surface area contributed by atoms with Crippen molar-refractivity contribution in [2.45, 2.75) is 19.5 Å². The summed E-state index contributed by atoms with van der Waals surface area (Å²) >= 11 is 3.18. The Labute approximate surface area is 122 Å². The predicted molar refractivity (Wildman–Crippen MR) is 80.9 cm³/mol. The molecule has 0 saturated carbocycles. The summed E-state index contributed by atoms with van der Waals surface area (Å²) in [6, 6.07) is 16.2. The van der Waals surface area contributed by atoms with Crippen LogP contribution in [-0.4, -0.2) is 21.2 Å². The second kappa shape index (κ2) is 4.83. The van der Waals surface area contributed by atoms with E-state index in [0.717, 1.165) is 22.6 Å².